The van der Waals surface area contributed by atoms with Crippen LogP contribution >= 0.6 is 11.6 Å². The normalized spacial score (nSPS) is 10.9. The lowest BCUT2D eigenvalue weighted by Crippen LogP contribution is -2.26. The molecule has 1 amide bonds. The molecule has 112 valence electrons. The van der Waals surface area contributed by atoms with E-state index < -0.39 is 0 Å². The fraction of sp³-hybridized carbons (Fsp3) is 0.375. The monoisotopic (exact) mass is 306 g/mol. The van der Waals surface area contributed by atoms with Crippen LogP contribution in [0.3, 0.4) is 0 Å². The first kappa shape index (κ1) is 15.6. The number of amides is 1. The fourth-order valence-electron chi connectivity index (χ4n) is 2.04. The molecule has 0 radical (unpaired) electrons. The van der Waals surface area contributed by atoms with Gasteiger partial charge in [0.15, 0.2) is 0 Å². The summed E-state index contributed by atoms with van der Waals surface area (Å²) < 4.78 is 5.18. The van der Waals surface area contributed by atoms with Gasteiger partial charge in [0.05, 0.1) is 0 Å². The van der Waals surface area contributed by atoms with Crippen molar-refractivity contribution in [3.63, 3.8) is 0 Å². The van der Waals surface area contributed by atoms with Gasteiger partial charge in [-0.15, -0.1) is 0 Å². The lowest BCUT2D eigenvalue weighted by Gasteiger charge is -2.07. The second-order valence-corrected chi connectivity index (χ2v) is 5.85. The highest BCUT2D eigenvalue weighted by Gasteiger charge is 2.21. The molecular weight excluding hydrogens is 288 g/mol. The average molecular weight is 307 g/mol. The van der Waals surface area contributed by atoms with E-state index in [4.69, 9.17) is 16.1 Å². The highest BCUT2D eigenvalue weighted by atomic mass is 35.5. The van der Waals surface area contributed by atoms with E-state index in [2.05, 4.69) is 24.3 Å². The summed E-state index contributed by atoms with van der Waals surface area (Å²) in [6.45, 7) is 6.61. The SMILES string of the molecule is Cc1onc(-c2cccc(Cl)c2)c1C(=O)NCCC(C)C. The summed E-state index contributed by atoms with van der Waals surface area (Å²) in [5, 5.41) is 7.50. The molecule has 1 aromatic heterocycles. The Kier molecular flexibility index (Phi) is 5.02. The first-order chi connectivity index (χ1) is 9.99. The molecule has 1 N–H and O–H groups in total. The Labute approximate surface area is 129 Å². The molecule has 1 heterocycles. The van der Waals surface area contributed by atoms with Crippen molar-refractivity contribution in [1.82, 2.24) is 10.5 Å². The van der Waals surface area contributed by atoms with Gasteiger partial charge in [-0.05, 0) is 31.4 Å². The van der Waals surface area contributed by atoms with Gasteiger partial charge < -0.3 is 9.84 Å². The van der Waals surface area contributed by atoms with Gasteiger partial charge in [0.2, 0.25) is 0 Å². The maximum absolute atomic E-state index is 12.3. The Hall–Kier alpha value is -1.81. The summed E-state index contributed by atoms with van der Waals surface area (Å²) in [5.74, 6) is 0.887. The van der Waals surface area contributed by atoms with Gasteiger partial charge in [-0.2, -0.15) is 0 Å². The van der Waals surface area contributed by atoms with E-state index in [1.54, 1.807) is 19.1 Å². The van der Waals surface area contributed by atoms with Gasteiger partial charge in [-0.1, -0.05) is 42.7 Å². The predicted octanol–water partition coefficient (Wildman–Crippen LogP) is 4.08. The van der Waals surface area contributed by atoms with Crippen LogP contribution in [0.1, 0.15) is 36.4 Å². The number of hydrogen-bond donors (Lipinski definition) is 1. The van der Waals surface area contributed by atoms with E-state index in [-0.39, 0.29) is 5.91 Å². The summed E-state index contributed by atoms with van der Waals surface area (Å²) >= 11 is 5.99. The molecule has 0 spiro atoms. The number of rotatable bonds is 5. The minimum Gasteiger partial charge on any atom is -0.360 e. The predicted molar refractivity (Wildman–Crippen MR) is 83.5 cm³/mol. The highest BCUT2D eigenvalue weighted by Crippen LogP contribution is 2.27. The average Bonchev–Trinajstić information content (AvgIpc) is 2.80. The molecular formula is C16H19ClN2O2. The molecule has 2 rings (SSSR count). The van der Waals surface area contributed by atoms with Gasteiger partial charge in [-0.25, -0.2) is 0 Å². The van der Waals surface area contributed by atoms with Crippen LogP contribution in [-0.2, 0) is 0 Å². The fourth-order valence-corrected chi connectivity index (χ4v) is 2.23. The lowest BCUT2D eigenvalue weighted by atomic mass is 10.1. The van der Waals surface area contributed by atoms with E-state index in [0.29, 0.717) is 34.5 Å². The van der Waals surface area contributed by atoms with E-state index in [1.165, 1.54) is 0 Å². The summed E-state index contributed by atoms with van der Waals surface area (Å²) in [5.41, 5.74) is 1.77. The maximum Gasteiger partial charge on any atom is 0.257 e. The summed E-state index contributed by atoms with van der Waals surface area (Å²) in [6, 6.07) is 7.22. The van der Waals surface area contributed by atoms with Crippen molar-refractivity contribution >= 4 is 17.5 Å². The van der Waals surface area contributed by atoms with Gasteiger partial charge in [0.25, 0.3) is 5.91 Å². The zero-order valence-electron chi connectivity index (χ0n) is 12.4. The molecule has 0 saturated carbocycles. The highest BCUT2D eigenvalue weighted by molar-refractivity contribution is 6.30. The van der Waals surface area contributed by atoms with Gasteiger partial charge in [0.1, 0.15) is 17.0 Å². The Morgan fingerprint density at radius 2 is 2.19 bits per heavy atom. The number of carbonyl (C=O) groups is 1. The molecule has 0 aliphatic heterocycles. The zero-order chi connectivity index (χ0) is 15.4. The molecule has 1 aromatic carbocycles. The molecule has 5 heteroatoms. The molecule has 0 aliphatic carbocycles. The largest absolute Gasteiger partial charge is 0.360 e. The number of hydrogen-bond acceptors (Lipinski definition) is 3. The zero-order valence-corrected chi connectivity index (χ0v) is 13.2. The molecule has 4 nitrogen and oxygen atoms in total. The van der Waals surface area contributed by atoms with E-state index in [0.717, 1.165) is 12.0 Å². The second-order valence-electron chi connectivity index (χ2n) is 5.41. The van der Waals surface area contributed by atoms with Crippen LogP contribution in [-0.4, -0.2) is 17.6 Å². The first-order valence-corrected chi connectivity index (χ1v) is 7.37. The number of nitrogens with zero attached hydrogens (tertiary/aromatic N) is 1. The number of aromatic nitrogens is 1. The number of benzene rings is 1. The van der Waals surface area contributed by atoms with E-state index in [9.17, 15) is 4.79 Å². The van der Waals surface area contributed by atoms with Crippen molar-refractivity contribution in [2.45, 2.75) is 27.2 Å². The second kappa shape index (κ2) is 6.76. The van der Waals surface area contributed by atoms with Crippen molar-refractivity contribution < 1.29 is 9.32 Å². The van der Waals surface area contributed by atoms with Crippen LogP contribution in [0.2, 0.25) is 5.02 Å². The number of carbonyl (C=O) groups excluding carboxylic acids is 1. The molecule has 0 saturated heterocycles. The Morgan fingerprint density at radius 3 is 2.86 bits per heavy atom. The van der Waals surface area contributed by atoms with Crippen molar-refractivity contribution in [3.8, 4) is 11.3 Å². The van der Waals surface area contributed by atoms with Crippen LogP contribution in [0.5, 0.6) is 0 Å². The quantitative estimate of drug-likeness (QED) is 0.905. The summed E-state index contributed by atoms with van der Waals surface area (Å²) in [7, 11) is 0. The number of nitrogens with one attached hydrogen (secondary N) is 1. The molecule has 0 bridgehead atoms. The van der Waals surface area contributed by atoms with E-state index in [1.807, 2.05) is 12.1 Å². The van der Waals surface area contributed by atoms with Crippen LogP contribution in [0.4, 0.5) is 0 Å². The van der Waals surface area contributed by atoms with Crippen LogP contribution in [0, 0.1) is 12.8 Å². The molecule has 21 heavy (non-hydrogen) atoms. The molecule has 0 unspecified atom stereocenters. The van der Waals surface area contributed by atoms with Crippen molar-refractivity contribution in [2.75, 3.05) is 6.54 Å². The third kappa shape index (κ3) is 3.85. The topological polar surface area (TPSA) is 55.1 Å². The smallest absolute Gasteiger partial charge is 0.257 e. The molecule has 2 aromatic rings. The van der Waals surface area contributed by atoms with Gasteiger partial charge in [0, 0.05) is 17.1 Å². The summed E-state index contributed by atoms with van der Waals surface area (Å²) in [4.78, 5) is 12.3. The Bertz CT molecular complexity index is 635. The maximum atomic E-state index is 12.3. The molecule has 0 fully saturated rings. The van der Waals surface area contributed by atoms with Crippen molar-refractivity contribution in [3.05, 3.63) is 40.6 Å². The van der Waals surface area contributed by atoms with E-state index >= 15 is 0 Å². The number of halogens is 1. The first-order valence-electron chi connectivity index (χ1n) is 6.99. The van der Waals surface area contributed by atoms with Crippen molar-refractivity contribution in [1.29, 1.82) is 0 Å². The lowest BCUT2D eigenvalue weighted by molar-refractivity contribution is 0.0951. The Balaban J connectivity index is 2.24. The summed E-state index contributed by atoms with van der Waals surface area (Å²) in [6.07, 6.45) is 0.933. The van der Waals surface area contributed by atoms with Crippen LogP contribution < -0.4 is 5.32 Å². The third-order valence-corrected chi connectivity index (χ3v) is 3.43. The van der Waals surface area contributed by atoms with Crippen LogP contribution in [0.25, 0.3) is 11.3 Å². The standard InChI is InChI=1S/C16H19ClN2O2/c1-10(2)7-8-18-16(20)14-11(3)21-19-15(14)12-5-4-6-13(17)9-12/h4-6,9-10H,7-8H2,1-3H3,(H,18,20). The van der Waals surface area contributed by atoms with Crippen LogP contribution in [0.15, 0.2) is 28.8 Å². The van der Waals surface area contributed by atoms with Gasteiger partial charge >= 0.3 is 0 Å². The third-order valence-electron chi connectivity index (χ3n) is 3.20. The minimum atomic E-state index is -0.163. The minimum absolute atomic E-state index is 0.163. The molecule has 0 atom stereocenters. The Morgan fingerprint density at radius 1 is 1.43 bits per heavy atom. The molecule has 0 aliphatic rings. The number of aryl methyl sites for hydroxylation is 1. The van der Waals surface area contributed by atoms with Gasteiger partial charge in [-0.3, -0.25) is 4.79 Å². The van der Waals surface area contributed by atoms with Crippen molar-refractivity contribution in [2.24, 2.45) is 5.92 Å².